The summed E-state index contributed by atoms with van der Waals surface area (Å²) in [5.41, 5.74) is 0. The van der Waals surface area contributed by atoms with Gasteiger partial charge in [0.15, 0.2) is 0 Å². The van der Waals surface area contributed by atoms with Gasteiger partial charge in [-0.1, -0.05) is 19.4 Å². The van der Waals surface area contributed by atoms with Crippen LogP contribution in [-0.4, -0.2) is 0 Å². The molecule has 0 aromatic carbocycles. The van der Waals surface area contributed by atoms with Gasteiger partial charge in [-0.05, 0) is 54.3 Å². The fourth-order valence-corrected chi connectivity index (χ4v) is 6.65. The molecule has 0 spiro atoms. The molecule has 116 valence electrons. The summed E-state index contributed by atoms with van der Waals surface area (Å²) in [6.07, 6.45) is 2.41. The molecule has 0 saturated carbocycles. The average molecular weight is 373 g/mol. The number of rotatable bonds is 5. The van der Waals surface area contributed by atoms with Crippen molar-refractivity contribution < 1.29 is 0 Å². The van der Waals surface area contributed by atoms with Gasteiger partial charge in [-0.25, -0.2) is 0 Å². The van der Waals surface area contributed by atoms with Crippen LogP contribution in [0.15, 0.2) is 53.9 Å². The molecule has 4 rings (SSSR count). The van der Waals surface area contributed by atoms with Gasteiger partial charge >= 0.3 is 0 Å². The molecule has 0 N–H and O–H groups in total. The fraction of sp³-hybridized carbons (Fsp3) is 0.158. The third-order valence-electron chi connectivity index (χ3n) is 3.62. The molecule has 0 aliphatic carbocycles. The zero-order chi connectivity index (χ0) is 15.6. The molecule has 0 saturated heterocycles. The van der Waals surface area contributed by atoms with E-state index in [1.165, 1.54) is 47.0 Å². The summed E-state index contributed by atoms with van der Waals surface area (Å²) in [5, 5.41) is 2.14. The van der Waals surface area contributed by atoms with Gasteiger partial charge in [-0.2, -0.15) is 0 Å². The van der Waals surface area contributed by atoms with Crippen LogP contribution in [0, 0.1) is 0 Å². The smallest absolute Gasteiger partial charge is 0.0449 e. The number of hydrogen-bond donors (Lipinski definition) is 0. The molecule has 0 nitrogen and oxygen atoms in total. The van der Waals surface area contributed by atoms with Crippen molar-refractivity contribution in [1.29, 1.82) is 0 Å². The number of thiophene rings is 4. The third-order valence-corrected chi connectivity index (χ3v) is 8.39. The van der Waals surface area contributed by atoms with Gasteiger partial charge in [0.1, 0.15) is 0 Å². The second-order valence-corrected chi connectivity index (χ2v) is 9.60. The minimum absolute atomic E-state index is 1.19. The SMILES string of the molecule is CCCc1ccc(-c2ccc(-c3ccc(-c4cccs4)s3)s2)s1. The van der Waals surface area contributed by atoms with E-state index in [-0.39, 0.29) is 0 Å². The first kappa shape index (κ1) is 15.3. The zero-order valence-corrected chi connectivity index (χ0v) is 16.0. The Morgan fingerprint density at radius 1 is 0.652 bits per heavy atom. The predicted molar refractivity (Wildman–Crippen MR) is 108 cm³/mol. The molecule has 0 radical (unpaired) electrons. The highest BCUT2D eigenvalue weighted by Gasteiger charge is 2.10. The Kier molecular flexibility index (Phi) is 4.49. The Labute approximate surface area is 152 Å². The molecule has 0 fully saturated rings. The summed E-state index contributed by atoms with van der Waals surface area (Å²) >= 11 is 7.54. The average Bonchev–Trinajstić information content (AvgIpc) is 3.31. The van der Waals surface area contributed by atoms with Crippen molar-refractivity contribution in [1.82, 2.24) is 0 Å². The highest BCUT2D eigenvalue weighted by molar-refractivity contribution is 7.28. The maximum Gasteiger partial charge on any atom is 0.0449 e. The van der Waals surface area contributed by atoms with Crippen LogP contribution in [0.25, 0.3) is 29.3 Å². The van der Waals surface area contributed by atoms with E-state index in [9.17, 15) is 0 Å². The van der Waals surface area contributed by atoms with E-state index in [4.69, 9.17) is 0 Å². The minimum Gasteiger partial charge on any atom is -0.143 e. The number of hydrogen-bond acceptors (Lipinski definition) is 4. The molecule has 0 aliphatic heterocycles. The highest BCUT2D eigenvalue weighted by atomic mass is 32.1. The van der Waals surface area contributed by atoms with Crippen molar-refractivity contribution in [3.8, 4) is 29.3 Å². The molecule has 0 atom stereocenters. The second kappa shape index (κ2) is 6.73. The Morgan fingerprint density at radius 3 is 1.78 bits per heavy atom. The normalized spacial score (nSPS) is 11.2. The molecule has 4 heterocycles. The van der Waals surface area contributed by atoms with Gasteiger partial charge in [-0.3, -0.25) is 0 Å². The summed E-state index contributed by atoms with van der Waals surface area (Å²) < 4.78 is 0. The van der Waals surface area contributed by atoms with E-state index in [1.54, 1.807) is 0 Å². The fourth-order valence-electron chi connectivity index (χ4n) is 2.52. The lowest BCUT2D eigenvalue weighted by atomic mass is 10.3. The van der Waals surface area contributed by atoms with E-state index >= 15 is 0 Å². The minimum atomic E-state index is 1.19. The van der Waals surface area contributed by atoms with Crippen LogP contribution in [0.2, 0.25) is 0 Å². The van der Waals surface area contributed by atoms with E-state index < -0.39 is 0 Å². The molecular weight excluding hydrogens is 356 g/mol. The lowest BCUT2D eigenvalue weighted by Crippen LogP contribution is -1.71. The molecule has 0 bridgehead atoms. The molecule has 0 unspecified atom stereocenters. The van der Waals surface area contributed by atoms with Crippen LogP contribution in [0.5, 0.6) is 0 Å². The lowest BCUT2D eigenvalue weighted by molar-refractivity contribution is 0.940. The molecule has 4 heteroatoms. The molecule has 0 aliphatic rings. The maximum absolute atomic E-state index is 2.28. The van der Waals surface area contributed by atoms with Crippen molar-refractivity contribution >= 4 is 45.3 Å². The van der Waals surface area contributed by atoms with Gasteiger partial charge in [-0.15, -0.1) is 45.3 Å². The molecule has 4 aromatic rings. The zero-order valence-electron chi connectivity index (χ0n) is 12.7. The lowest BCUT2D eigenvalue weighted by Gasteiger charge is -1.92. The molecular formula is C19H16S4. The highest BCUT2D eigenvalue weighted by Crippen LogP contribution is 2.42. The van der Waals surface area contributed by atoms with Gasteiger partial charge < -0.3 is 0 Å². The van der Waals surface area contributed by atoms with Crippen LogP contribution in [0.1, 0.15) is 18.2 Å². The van der Waals surface area contributed by atoms with Gasteiger partial charge in [0.2, 0.25) is 0 Å². The topological polar surface area (TPSA) is 0 Å². The van der Waals surface area contributed by atoms with Crippen molar-refractivity contribution in [3.05, 3.63) is 58.8 Å². The predicted octanol–water partition coefficient (Wildman–Crippen LogP) is 7.89. The summed E-state index contributed by atoms with van der Waals surface area (Å²) in [5.74, 6) is 0. The van der Waals surface area contributed by atoms with E-state index in [0.717, 1.165) is 0 Å². The summed E-state index contributed by atoms with van der Waals surface area (Å²) in [4.78, 5) is 9.76. The Balaban J connectivity index is 1.60. The van der Waals surface area contributed by atoms with Crippen LogP contribution in [-0.2, 0) is 6.42 Å². The Morgan fingerprint density at radius 2 is 1.22 bits per heavy atom. The van der Waals surface area contributed by atoms with Crippen LogP contribution < -0.4 is 0 Å². The van der Waals surface area contributed by atoms with E-state index in [1.807, 2.05) is 45.3 Å². The Hall–Kier alpha value is -1.20. The largest absolute Gasteiger partial charge is 0.143 e. The van der Waals surface area contributed by atoms with Crippen LogP contribution in [0.4, 0.5) is 0 Å². The van der Waals surface area contributed by atoms with Crippen LogP contribution in [0.3, 0.4) is 0 Å². The quantitative estimate of drug-likeness (QED) is 0.334. The van der Waals surface area contributed by atoms with Gasteiger partial charge in [0, 0.05) is 34.1 Å². The Bertz CT molecular complexity index is 890. The van der Waals surface area contributed by atoms with Gasteiger partial charge in [0.25, 0.3) is 0 Å². The second-order valence-electron chi connectivity index (χ2n) is 5.32. The molecule has 23 heavy (non-hydrogen) atoms. The first-order chi connectivity index (χ1) is 11.3. The first-order valence-electron chi connectivity index (χ1n) is 7.66. The number of aryl methyl sites for hydroxylation is 1. The monoisotopic (exact) mass is 372 g/mol. The molecule has 4 aromatic heterocycles. The molecule has 0 amide bonds. The standard InChI is InChI=1S/C19H16S4/c1-2-4-13-6-7-16(21-13)17-10-11-19(23-17)18-9-8-15(22-18)14-5-3-12-20-14/h3,5-12H,2,4H2,1H3. The van der Waals surface area contributed by atoms with Crippen molar-refractivity contribution in [2.45, 2.75) is 19.8 Å². The van der Waals surface area contributed by atoms with E-state index in [0.29, 0.717) is 0 Å². The van der Waals surface area contributed by atoms with Crippen molar-refractivity contribution in [2.75, 3.05) is 0 Å². The summed E-state index contributed by atoms with van der Waals surface area (Å²) in [6, 6.07) is 17.9. The van der Waals surface area contributed by atoms with Crippen LogP contribution >= 0.6 is 45.3 Å². The van der Waals surface area contributed by atoms with Crippen molar-refractivity contribution in [3.63, 3.8) is 0 Å². The summed E-state index contributed by atoms with van der Waals surface area (Å²) in [7, 11) is 0. The summed E-state index contributed by atoms with van der Waals surface area (Å²) in [6.45, 7) is 2.24. The van der Waals surface area contributed by atoms with Gasteiger partial charge in [0.05, 0.1) is 0 Å². The van der Waals surface area contributed by atoms with E-state index in [2.05, 4.69) is 60.8 Å². The van der Waals surface area contributed by atoms with Crippen molar-refractivity contribution in [2.24, 2.45) is 0 Å². The first-order valence-corrected chi connectivity index (χ1v) is 11.0. The maximum atomic E-state index is 2.28. The third kappa shape index (κ3) is 3.22.